The molecule has 1 fully saturated rings. The van der Waals surface area contributed by atoms with Crippen molar-refractivity contribution in [2.24, 2.45) is 0 Å². The summed E-state index contributed by atoms with van der Waals surface area (Å²) in [5.41, 5.74) is 0.0710. The van der Waals surface area contributed by atoms with Gasteiger partial charge in [-0.1, -0.05) is 6.92 Å². The molecule has 0 spiro atoms. The van der Waals surface area contributed by atoms with Crippen LogP contribution in [-0.4, -0.2) is 46.6 Å². The van der Waals surface area contributed by atoms with Crippen LogP contribution in [0.15, 0.2) is 18.2 Å². The third kappa shape index (κ3) is 3.91. The largest absolute Gasteiger partial charge is 0.478 e. The summed E-state index contributed by atoms with van der Waals surface area (Å²) in [5, 5.41) is 22.9. The van der Waals surface area contributed by atoms with E-state index in [1.165, 1.54) is 25.0 Å². The lowest BCUT2D eigenvalue weighted by molar-refractivity contribution is -0.384. The number of likely N-dealkylation sites (N-methyl/N-ethyl adjacent to an activating group) is 1. The first-order chi connectivity index (χ1) is 10.0. The maximum absolute atomic E-state index is 11.0. The molecule has 0 atom stereocenters. The SMILES string of the molecule is CCN(CCNc1ccc(C(=O)O)cc1[N+](=O)[O-])C1CC1. The predicted molar refractivity (Wildman–Crippen MR) is 78.8 cm³/mol. The molecule has 2 rings (SSSR count). The van der Waals surface area contributed by atoms with Crippen LogP contribution in [-0.2, 0) is 0 Å². The van der Waals surface area contributed by atoms with Gasteiger partial charge in [-0.3, -0.25) is 15.0 Å². The minimum Gasteiger partial charge on any atom is -0.478 e. The van der Waals surface area contributed by atoms with Crippen molar-refractivity contribution < 1.29 is 14.8 Å². The van der Waals surface area contributed by atoms with Crippen molar-refractivity contribution in [1.29, 1.82) is 0 Å². The number of anilines is 1. The highest BCUT2D eigenvalue weighted by Gasteiger charge is 2.27. The third-order valence-corrected chi connectivity index (χ3v) is 3.63. The number of benzene rings is 1. The molecule has 1 aromatic rings. The smallest absolute Gasteiger partial charge is 0.335 e. The summed E-state index contributed by atoms with van der Waals surface area (Å²) in [6, 6.07) is 4.56. The first kappa shape index (κ1) is 15.2. The maximum Gasteiger partial charge on any atom is 0.335 e. The Labute approximate surface area is 122 Å². The first-order valence-electron chi connectivity index (χ1n) is 7.02. The average Bonchev–Trinajstić information content (AvgIpc) is 3.28. The Bertz CT molecular complexity index is 543. The van der Waals surface area contributed by atoms with Crippen LogP contribution in [0.2, 0.25) is 0 Å². The molecule has 1 aromatic carbocycles. The Balaban J connectivity index is 2.01. The van der Waals surface area contributed by atoms with E-state index >= 15 is 0 Å². The fourth-order valence-corrected chi connectivity index (χ4v) is 2.34. The lowest BCUT2D eigenvalue weighted by Gasteiger charge is -2.20. The number of aromatic carboxylic acids is 1. The van der Waals surface area contributed by atoms with Crippen molar-refractivity contribution in [1.82, 2.24) is 4.90 Å². The van der Waals surface area contributed by atoms with Crippen LogP contribution in [0, 0.1) is 10.1 Å². The number of hydrogen-bond acceptors (Lipinski definition) is 5. The number of hydrogen-bond donors (Lipinski definition) is 2. The average molecular weight is 293 g/mol. The van der Waals surface area contributed by atoms with Crippen LogP contribution in [0.1, 0.15) is 30.1 Å². The number of carboxylic acids is 1. The van der Waals surface area contributed by atoms with E-state index in [4.69, 9.17) is 5.11 Å². The molecule has 1 aliphatic rings. The molecule has 1 saturated carbocycles. The molecule has 114 valence electrons. The van der Waals surface area contributed by atoms with E-state index in [1.54, 1.807) is 0 Å². The highest BCUT2D eigenvalue weighted by Crippen LogP contribution is 2.27. The minimum absolute atomic E-state index is 0.0829. The summed E-state index contributed by atoms with van der Waals surface area (Å²) >= 11 is 0. The quantitative estimate of drug-likeness (QED) is 0.563. The van der Waals surface area contributed by atoms with Crippen LogP contribution >= 0.6 is 0 Å². The topological polar surface area (TPSA) is 95.7 Å². The second-order valence-electron chi connectivity index (χ2n) is 5.08. The summed E-state index contributed by atoms with van der Waals surface area (Å²) in [7, 11) is 0. The van der Waals surface area contributed by atoms with Gasteiger partial charge in [0.2, 0.25) is 0 Å². The molecule has 1 aliphatic carbocycles. The van der Waals surface area contributed by atoms with Gasteiger partial charge in [-0.05, 0) is 31.5 Å². The molecule has 7 heteroatoms. The summed E-state index contributed by atoms with van der Waals surface area (Å²) in [6.07, 6.45) is 2.45. The van der Waals surface area contributed by atoms with Gasteiger partial charge in [-0.25, -0.2) is 4.79 Å². The predicted octanol–water partition coefficient (Wildman–Crippen LogP) is 2.19. The number of carboxylic acid groups (broad SMARTS) is 1. The second kappa shape index (κ2) is 6.53. The second-order valence-corrected chi connectivity index (χ2v) is 5.08. The monoisotopic (exact) mass is 293 g/mol. The Morgan fingerprint density at radius 2 is 2.24 bits per heavy atom. The van der Waals surface area contributed by atoms with Crippen LogP contribution in [0.3, 0.4) is 0 Å². The standard InChI is InChI=1S/C14H19N3O4/c1-2-16(11-4-5-11)8-7-15-12-6-3-10(14(18)19)9-13(12)17(20)21/h3,6,9,11,15H,2,4-5,7-8H2,1H3,(H,18,19). The zero-order valence-electron chi connectivity index (χ0n) is 11.9. The molecule has 0 saturated heterocycles. The van der Waals surface area contributed by atoms with E-state index in [9.17, 15) is 14.9 Å². The van der Waals surface area contributed by atoms with Crippen LogP contribution in [0.5, 0.6) is 0 Å². The molecule has 0 bridgehead atoms. The number of nitrogens with one attached hydrogen (secondary N) is 1. The number of nitro groups is 1. The van der Waals surface area contributed by atoms with Crippen molar-refractivity contribution in [3.8, 4) is 0 Å². The summed E-state index contributed by atoms with van der Waals surface area (Å²) in [5.74, 6) is -1.17. The van der Waals surface area contributed by atoms with Gasteiger partial charge < -0.3 is 10.4 Å². The van der Waals surface area contributed by atoms with Gasteiger partial charge >= 0.3 is 5.97 Å². The van der Waals surface area contributed by atoms with Crippen molar-refractivity contribution >= 4 is 17.3 Å². The van der Waals surface area contributed by atoms with Crippen molar-refractivity contribution in [2.45, 2.75) is 25.8 Å². The van der Waals surface area contributed by atoms with Crippen molar-refractivity contribution in [3.05, 3.63) is 33.9 Å². The minimum atomic E-state index is -1.17. The van der Waals surface area contributed by atoms with Crippen molar-refractivity contribution in [3.63, 3.8) is 0 Å². The van der Waals surface area contributed by atoms with Gasteiger partial charge in [0.15, 0.2) is 0 Å². The lowest BCUT2D eigenvalue weighted by Crippen LogP contribution is -2.31. The zero-order chi connectivity index (χ0) is 15.4. The Morgan fingerprint density at radius 3 is 2.76 bits per heavy atom. The summed E-state index contributed by atoms with van der Waals surface area (Å²) in [4.78, 5) is 23.7. The van der Waals surface area contributed by atoms with Crippen LogP contribution in [0.25, 0.3) is 0 Å². The highest BCUT2D eigenvalue weighted by molar-refractivity contribution is 5.89. The lowest BCUT2D eigenvalue weighted by atomic mass is 10.1. The van der Waals surface area contributed by atoms with E-state index in [2.05, 4.69) is 17.1 Å². The van der Waals surface area contributed by atoms with Crippen LogP contribution < -0.4 is 5.32 Å². The van der Waals surface area contributed by atoms with Crippen molar-refractivity contribution in [2.75, 3.05) is 25.0 Å². The van der Waals surface area contributed by atoms with Gasteiger partial charge in [0.25, 0.3) is 5.69 Å². The molecule has 0 radical (unpaired) electrons. The van der Waals surface area contributed by atoms with Gasteiger partial charge in [0, 0.05) is 25.2 Å². The Kier molecular flexibility index (Phi) is 4.74. The number of rotatable bonds is 8. The van der Waals surface area contributed by atoms with Gasteiger partial charge in [-0.15, -0.1) is 0 Å². The molecule has 0 unspecified atom stereocenters. The molecular weight excluding hydrogens is 274 g/mol. The Hall–Kier alpha value is -2.15. The molecule has 21 heavy (non-hydrogen) atoms. The normalized spacial score (nSPS) is 14.2. The van der Waals surface area contributed by atoms with Gasteiger partial charge in [0.1, 0.15) is 5.69 Å². The molecule has 0 amide bonds. The molecule has 0 aromatic heterocycles. The Morgan fingerprint density at radius 1 is 1.52 bits per heavy atom. The van der Waals surface area contributed by atoms with Crippen LogP contribution in [0.4, 0.5) is 11.4 Å². The molecule has 7 nitrogen and oxygen atoms in total. The van der Waals surface area contributed by atoms with E-state index < -0.39 is 10.9 Å². The van der Waals surface area contributed by atoms with E-state index in [1.807, 2.05) is 0 Å². The maximum atomic E-state index is 11.0. The first-order valence-corrected chi connectivity index (χ1v) is 7.02. The third-order valence-electron chi connectivity index (χ3n) is 3.63. The molecule has 0 heterocycles. The summed E-state index contributed by atoms with van der Waals surface area (Å²) < 4.78 is 0. The number of carbonyl (C=O) groups is 1. The zero-order valence-corrected chi connectivity index (χ0v) is 11.9. The molecular formula is C14H19N3O4. The van der Waals surface area contributed by atoms with E-state index in [0.717, 1.165) is 19.2 Å². The van der Waals surface area contributed by atoms with Gasteiger partial charge in [-0.2, -0.15) is 0 Å². The number of nitrogens with zero attached hydrogens (tertiary/aromatic N) is 2. The highest BCUT2D eigenvalue weighted by atomic mass is 16.6. The fourth-order valence-electron chi connectivity index (χ4n) is 2.34. The van der Waals surface area contributed by atoms with Gasteiger partial charge in [0.05, 0.1) is 10.5 Å². The fraction of sp³-hybridized carbons (Fsp3) is 0.500. The summed E-state index contributed by atoms with van der Waals surface area (Å²) in [6.45, 7) is 4.48. The number of nitro benzene ring substituents is 1. The molecule has 2 N–H and O–H groups in total. The van der Waals surface area contributed by atoms with E-state index in [-0.39, 0.29) is 11.3 Å². The molecule has 0 aliphatic heterocycles. The van der Waals surface area contributed by atoms with E-state index in [0.29, 0.717) is 18.3 Å².